The number of benzene rings is 1. The van der Waals surface area contributed by atoms with Crippen molar-refractivity contribution in [1.29, 1.82) is 0 Å². The molecule has 1 aromatic rings. The van der Waals surface area contributed by atoms with Gasteiger partial charge in [-0.3, -0.25) is 9.59 Å². The van der Waals surface area contributed by atoms with Crippen molar-refractivity contribution >= 4 is 45.6 Å². The molecule has 160 valence electrons. The number of hydrogen-bond donors (Lipinski definition) is 1. The minimum absolute atomic E-state index is 0.106. The quantitative estimate of drug-likeness (QED) is 0.641. The van der Waals surface area contributed by atoms with E-state index in [1.165, 1.54) is 0 Å². The van der Waals surface area contributed by atoms with Crippen molar-refractivity contribution in [3.63, 3.8) is 0 Å². The van der Waals surface area contributed by atoms with Crippen LogP contribution in [0.1, 0.15) is 30.1 Å². The van der Waals surface area contributed by atoms with Crippen LogP contribution in [-0.4, -0.2) is 78.5 Å². The normalized spacial score (nSPS) is 15.4. The van der Waals surface area contributed by atoms with E-state index in [0.29, 0.717) is 55.7 Å². The highest BCUT2D eigenvalue weighted by Crippen LogP contribution is 2.17. The monoisotopic (exact) mass is 485 g/mol. The average molecular weight is 486 g/mol. The summed E-state index contributed by atoms with van der Waals surface area (Å²) in [5, 5.41) is 2.90. The van der Waals surface area contributed by atoms with Gasteiger partial charge in [0.15, 0.2) is 0 Å². The van der Waals surface area contributed by atoms with E-state index in [2.05, 4.69) is 21.2 Å². The molecule has 1 aromatic carbocycles. The summed E-state index contributed by atoms with van der Waals surface area (Å²) in [7, 11) is 0. The predicted molar refractivity (Wildman–Crippen MR) is 118 cm³/mol. The van der Waals surface area contributed by atoms with Crippen molar-refractivity contribution in [2.75, 3.05) is 44.8 Å². The number of rotatable bonds is 7. The largest absolute Gasteiger partial charge is 0.450 e. The molecule has 1 fully saturated rings. The molecule has 0 aromatic heterocycles. The number of halogens is 1. The number of carbonyl (C=O) groups is 3. The number of carbonyl (C=O) groups excluding carboxylic acids is 3. The molecule has 0 aliphatic carbocycles. The molecule has 2 rings (SSSR count). The lowest BCUT2D eigenvalue weighted by atomic mass is 10.1. The van der Waals surface area contributed by atoms with Crippen LogP contribution in [0.2, 0.25) is 0 Å². The Balaban J connectivity index is 2.05. The van der Waals surface area contributed by atoms with Gasteiger partial charge < -0.3 is 19.9 Å². The third kappa shape index (κ3) is 6.92. The zero-order chi connectivity index (χ0) is 21.2. The highest BCUT2D eigenvalue weighted by molar-refractivity contribution is 9.10. The zero-order valence-corrected chi connectivity index (χ0v) is 19.3. The first kappa shape index (κ1) is 23.5. The highest BCUT2D eigenvalue weighted by Gasteiger charge is 2.29. The molecule has 1 N–H and O–H groups in total. The molecule has 3 amide bonds. The van der Waals surface area contributed by atoms with Gasteiger partial charge in [0.05, 0.1) is 12.2 Å². The Labute approximate surface area is 184 Å². The molecule has 1 aliphatic heterocycles. The Morgan fingerprint density at radius 3 is 2.55 bits per heavy atom. The number of ether oxygens (including phenoxy) is 1. The second-order valence-corrected chi connectivity index (χ2v) is 8.49. The molecule has 1 heterocycles. The lowest BCUT2D eigenvalue weighted by Gasteiger charge is -2.27. The van der Waals surface area contributed by atoms with Crippen LogP contribution in [0.3, 0.4) is 0 Å². The molecular weight excluding hydrogens is 458 g/mol. The van der Waals surface area contributed by atoms with E-state index < -0.39 is 6.04 Å². The van der Waals surface area contributed by atoms with E-state index in [-0.39, 0.29) is 17.9 Å². The van der Waals surface area contributed by atoms with Crippen molar-refractivity contribution in [2.24, 2.45) is 0 Å². The second-order valence-electron chi connectivity index (χ2n) is 6.65. The molecule has 1 aliphatic rings. The van der Waals surface area contributed by atoms with Gasteiger partial charge in [0.1, 0.15) is 6.04 Å². The van der Waals surface area contributed by atoms with Gasteiger partial charge in [-0.25, -0.2) is 4.79 Å². The van der Waals surface area contributed by atoms with Crippen LogP contribution in [0.15, 0.2) is 28.7 Å². The van der Waals surface area contributed by atoms with E-state index in [4.69, 9.17) is 4.74 Å². The Kier molecular flexibility index (Phi) is 9.80. The summed E-state index contributed by atoms with van der Waals surface area (Å²) >= 11 is 5.02. The minimum atomic E-state index is -0.601. The van der Waals surface area contributed by atoms with E-state index in [1.54, 1.807) is 46.7 Å². The van der Waals surface area contributed by atoms with Gasteiger partial charge in [0.25, 0.3) is 5.91 Å². The Morgan fingerprint density at radius 1 is 1.17 bits per heavy atom. The molecule has 0 spiro atoms. The summed E-state index contributed by atoms with van der Waals surface area (Å²) in [4.78, 5) is 41.2. The van der Waals surface area contributed by atoms with Crippen LogP contribution in [-0.2, 0) is 9.53 Å². The average Bonchev–Trinajstić information content (AvgIpc) is 2.97. The Hall–Kier alpha value is -1.74. The predicted octanol–water partition coefficient (Wildman–Crippen LogP) is 2.99. The van der Waals surface area contributed by atoms with Gasteiger partial charge in [-0.2, -0.15) is 11.8 Å². The Bertz CT molecular complexity index is 719. The maximum Gasteiger partial charge on any atom is 0.409 e. The summed E-state index contributed by atoms with van der Waals surface area (Å²) in [6, 6.07) is 6.54. The van der Waals surface area contributed by atoms with Gasteiger partial charge in [0.2, 0.25) is 5.91 Å². The Morgan fingerprint density at radius 2 is 1.86 bits per heavy atom. The second kappa shape index (κ2) is 12.1. The van der Waals surface area contributed by atoms with E-state index in [0.717, 1.165) is 5.75 Å². The SMILES string of the molecule is CCOC(=O)N1CCCN(C(=O)[C@@H](CCSC)NC(=O)c2ccccc2Br)CC1. The summed E-state index contributed by atoms with van der Waals surface area (Å²) in [5.41, 5.74) is 0.499. The zero-order valence-electron chi connectivity index (χ0n) is 16.9. The van der Waals surface area contributed by atoms with Crippen LogP contribution in [0.5, 0.6) is 0 Å². The fraction of sp³-hybridized carbons (Fsp3) is 0.550. The fourth-order valence-corrected chi connectivity index (χ4v) is 4.07. The van der Waals surface area contributed by atoms with Crippen LogP contribution in [0, 0.1) is 0 Å². The smallest absolute Gasteiger partial charge is 0.409 e. The van der Waals surface area contributed by atoms with Gasteiger partial charge in [-0.15, -0.1) is 0 Å². The van der Waals surface area contributed by atoms with Crippen LogP contribution in [0.4, 0.5) is 4.79 Å². The van der Waals surface area contributed by atoms with Gasteiger partial charge in [-0.1, -0.05) is 12.1 Å². The minimum Gasteiger partial charge on any atom is -0.450 e. The number of thioether (sulfide) groups is 1. The summed E-state index contributed by atoms with van der Waals surface area (Å²) < 4.78 is 5.75. The molecule has 1 atom stereocenters. The van der Waals surface area contributed by atoms with Crippen LogP contribution >= 0.6 is 27.7 Å². The highest BCUT2D eigenvalue weighted by atomic mass is 79.9. The van der Waals surface area contributed by atoms with Crippen molar-refractivity contribution in [2.45, 2.75) is 25.8 Å². The van der Waals surface area contributed by atoms with Gasteiger partial charge in [-0.05, 0) is 59.8 Å². The third-order valence-electron chi connectivity index (χ3n) is 4.67. The summed E-state index contributed by atoms with van der Waals surface area (Å²) in [6.07, 6.45) is 2.86. The molecule has 1 saturated heterocycles. The van der Waals surface area contributed by atoms with Gasteiger partial charge >= 0.3 is 6.09 Å². The molecule has 7 nitrogen and oxygen atoms in total. The van der Waals surface area contributed by atoms with Crippen molar-refractivity contribution in [3.05, 3.63) is 34.3 Å². The van der Waals surface area contributed by atoms with Crippen molar-refractivity contribution in [3.8, 4) is 0 Å². The van der Waals surface area contributed by atoms with Gasteiger partial charge in [0, 0.05) is 30.7 Å². The molecule has 0 unspecified atom stereocenters. The number of nitrogens with one attached hydrogen (secondary N) is 1. The van der Waals surface area contributed by atoms with Crippen molar-refractivity contribution in [1.82, 2.24) is 15.1 Å². The maximum atomic E-state index is 13.2. The molecule has 0 radical (unpaired) electrons. The topological polar surface area (TPSA) is 79.0 Å². The first-order valence-electron chi connectivity index (χ1n) is 9.72. The molecule has 0 saturated carbocycles. The standard InChI is InChI=1S/C20H28BrN3O4S/c1-3-28-20(27)24-11-6-10-23(12-13-24)19(26)17(9-14-29-2)22-18(25)15-7-4-5-8-16(15)21/h4-5,7-8,17H,3,6,9-14H2,1-2H3,(H,22,25)/t17-/m1/s1. The fourth-order valence-electron chi connectivity index (χ4n) is 3.13. The number of hydrogen-bond acceptors (Lipinski definition) is 5. The lowest BCUT2D eigenvalue weighted by molar-refractivity contribution is -0.133. The van der Waals surface area contributed by atoms with E-state index in [1.807, 2.05) is 12.3 Å². The van der Waals surface area contributed by atoms with E-state index >= 15 is 0 Å². The van der Waals surface area contributed by atoms with E-state index in [9.17, 15) is 14.4 Å². The molecule has 0 bridgehead atoms. The lowest BCUT2D eigenvalue weighted by Crippen LogP contribution is -2.50. The van der Waals surface area contributed by atoms with Crippen LogP contribution < -0.4 is 5.32 Å². The first-order valence-corrected chi connectivity index (χ1v) is 11.9. The van der Waals surface area contributed by atoms with Crippen molar-refractivity contribution < 1.29 is 19.1 Å². The summed E-state index contributed by atoms with van der Waals surface area (Å²) in [5.74, 6) is 0.375. The number of amides is 3. The number of nitrogens with zero attached hydrogens (tertiary/aromatic N) is 2. The molecule has 9 heteroatoms. The van der Waals surface area contributed by atoms with Crippen LogP contribution in [0.25, 0.3) is 0 Å². The first-order chi connectivity index (χ1) is 14.0. The maximum absolute atomic E-state index is 13.2. The third-order valence-corrected chi connectivity index (χ3v) is 6.00. The molecule has 29 heavy (non-hydrogen) atoms. The summed E-state index contributed by atoms with van der Waals surface area (Å²) in [6.45, 7) is 4.07. The molecular formula is C20H28BrN3O4S.